The predicted octanol–water partition coefficient (Wildman–Crippen LogP) is 6.00. The monoisotopic (exact) mass is 402 g/mol. The summed E-state index contributed by atoms with van der Waals surface area (Å²) in [6, 6.07) is 13.4. The third kappa shape index (κ3) is 5.18. The summed E-state index contributed by atoms with van der Waals surface area (Å²) in [4.78, 5) is 17.4. The van der Waals surface area contributed by atoms with E-state index in [2.05, 4.69) is 35.4 Å². The maximum Gasteiger partial charge on any atom is 0.250 e. The van der Waals surface area contributed by atoms with Gasteiger partial charge in [-0.2, -0.15) is 0 Å². The number of aryl methyl sites for hydroxylation is 1. The van der Waals surface area contributed by atoms with E-state index in [1.165, 1.54) is 28.5 Å². The van der Waals surface area contributed by atoms with E-state index in [0.717, 1.165) is 11.3 Å². The number of nitrogens with zero attached hydrogens (tertiary/aromatic N) is 1. The molecule has 1 amide bonds. The molecule has 0 saturated heterocycles. The highest BCUT2D eigenvalue weighted by Gasteiger charge is 2.06. The highest BCUT2D eigenvalue weighted by molar-refractivity contribution is 7.15. The topological polar surface area (TPSA) is 42.0 Å². The van der Waals surface area contributed by atoms with Crippen LogP contribution in [0.3, 0.4) is 0 Å². The summed E-state index contributed by atoms with van der Waals surface area (Å²) in [5.41, 5.74) is 3.14. The lowest BCUT2D eigenvalue weighted by Gasteiger charge is -2.00. The molecule has 0 bridgehead atoms. The van der Waals surface area contributed by atoms with Crippen LogP contribution in [0.25, 0.3) is 6.08 Å². The van der Waals surface area contributed by atoms with Gasteiger partial charge in [0.15, 0.2) is 5.13 Å². The van der Waals surface area contributed by atoms with Crippen LogP contribution in [-0.2, 0) is 11.2 Å². The van der Waals surface area contributed by atoms with Crippen molar-refractivity contribution in [3.05, 3.63) is 86.4 Å². The number of nitrogens with one attached hydrogen (secondary N) is 1. The second-order valence-electron chi connectivity index (χ2n) is 5.79. The molecule has 3 aromatic rings. The van der Waals surface area contributed by atoms with Crippen molar-refractivity contribution in [1.82, 2.24) is 4.98 Å². The molecule has 1 N–H and O–H groups in total. The number of anilines is 1. The molecule has 0 spiro atoms. The Balaban J connectivity index is 1.62. The fraction of sp³-hybridized carbons (Fsp3) is 0.100. The normalized spacial score (nSPS) is 11.0. The van der Waals surface area contributed by atoms with Crippen LogP contribution in [0, 0.1) is 6.92 Å². The largest absolute Gasteiger partial charge is 0.298 e. The molecule has 1 heterocycles. The molecule has 1 aromatic heterocycles. The Hall–Kier alpha value is -2.14. The minimum atomic E-state index is -0.266. The van der Waals surface area contributed by atoms with Crippen LogP contribution in [-0.4, -0.2) is 10.9 Å². The number of hydrogen-bond acceptors (Lipinski definition) is 3. The molecule has 0 fully saturated rings. The van der Waals surface area contributed by atoms with Crippen molar-refractivity contribution < 1.29 is 4.79 Å². The van der Waals surface area contributed by atoms with Crippen LogP contribution in [0.2, 0.25) is 10.0 Å². The van der Waals surface area contributed by atoms with Crippen molar-refractivity contribution in [2.24, 2.45) is 0 Å². The van der Waals surface area contributed by atoms with Gasteiger partial charge >= 0.3 is 0 Å². The van der Waals surface area contributed by atoms with Crippen LogP contribution >= 0.6 is 34.5 Å². The number of hydrogen-bond donors (Lipinski definition) is 1. The van der Waals surface area contributed by atoms with Gasteiger partial charge in [0.25, 0.3) is 0 Å². The van der Waals surface area contributed by atoms with Gasteiger partial charge in [0, 0.05) is 33.6 Å². The highest BCUT2D eigenvalue weighted by atomic mass is 35.5. The Kier molecular flexibility index (Phi) is 6.09. The van der Waals surface area contributed by atoms with Crippen LogP contribution in [0.5, 0.6) is 0 Å². The number of thiazole rings is 1. The molecular weight excluding hydrogens is 387 g/mol. The quantitative estimate of drug-likeness (QED) is 0.531. The molecule has 3 nitrogen and oxygen atoms in total. The van der Waals surface area contributed by atoms with Gasteiger partial charge in [0.05, 0.1) is 0 Å². The average Bonchev–Trinajstić information content (AvgIpc) is 3.02. The second-order valence-corrected chi connectivity index (χ2v) is 7.74. The molecule has 0 radical (unpaired) electrons. The molecule has 0 aliphatic heterocycles. The van der Waals surface area contributed by atoms with E-state index in [-0.39, 0.29) is 5.91 Å². The standard InChI is InChI=1S/C20H16Cl2N2OS/c1-13-3-2-4-14(9-13)10-17-12-23-20(26-17)24-19(25)8-5-15-11-16(21)6-7-18(15)22/h2-9,11-12H,10H2,1H3,(H,23,24,25)/b8-5+. The third-order valence-corrected chi connectivity index (χ3v) is 5.11. The van der Waals surface area contributed by atoms with E-state index >= 15 is 0 Å². The van der Waals surface area contributed by atoms with Crippen molar-refractivity contribution in [3.8, 4) is 0 Å². The van der Waals surface area contributed by atoms with Gasteiger partial charge < -0.3 is 0 Å². The zero-order chi connectivity index (χ0) is 18.5. The third-order valence-electron chi connectivity index (χ3n) is 3.62. The Morgan fingerprint density at radius 2 is 2.08 bits per heavy atom. The lowest BCUT2D eigenvalue weighted by atomic mass is 10.1. The molecule has 3 rings (SSSR count). The first-order valence-electron chi connectivity index (χ1n) is 7.94. The zero-order valence-electron chi connectivity index (χ0n) is 14.0. The second kappa shape index (κ2) is 8.49. The molecule has 26 heavy (non-hydrogen) atoms. The molecule has 2 aromatic carbocycles. The first kappa shape index (κ1) is 18.6. The van der Waals surface area contributed by atoms with Gasteiger partial charge in [-0.15, -0.1) is 11.3 Å². The molecule has 6 heteroatoms. The first-order valence-corrected chi connectivity index (χ1v) is 9.51. The number of halogens is 2. The Labute approximate surface area is 166 Å². The predicted molar refractivity (Wildman–Crippen MR) is 110 cm³/mol. The summed E-state index contributed by atoms with van der Waals surface area (Å²) in [6.45, 7) is 2.07. The van der Waals surface area contributed by atoms with E-state index in [0.29, 0.717) is 20.7 Å². The number of benzene rings is 2. The molecular formula is C20H16Cl2N2OS. The number of rotatable bonds is 5. The lowest BCUT2D eigenvalue weighted by molar-refractivity contribution is -0.111. The van der Waals surface area contributed by atoms with Crippen molar-refractivity contribution in [2.45, 2.75) is 13.3 Å². The number of carbonyl (C=O) groups excluding carboxylic acids is 1. The van der Waals surface area contributed by atoms with E-state index in [1.807, 2.05) is 6.07 Å². The van der Waals surface area contributed by atoms with E-state index in [1.54, 1.807) is 30.5 Å². The smallest absolute Gasteiger partial charge is 0.250 e. The minimum absolute atomic E-state index is 0.266. The SMILES string of the molecule is Cc1cccc(Cc2cnc(NC(=O)/C=C/c3cc(Cl)ccc3Cl)s2)c1. The molecule has 0 saturated carbocycles. The van der Waals surface area contributed by atoms with E-state index in [4.69, 9.17) is 23.2 Å². The molecule has 0 atom stereocenters. The van der Waals surface area contributed by atoms with E-state index < -0.39 is 0 Å². The maximum absolute atomic E-state index is 12.1. The van der Waals surface area contributed by atoms with Crippen LogP contribution in [0.1, 0.15) is 21.6 Å². The summed E-state index contributed by atoms with van der Waals surface area (Å²) in [5, 5.41) is 4.44. The lowest BCUT2D eigenvalue weighted by Crippen LogP contribution is -2.07. The van der Waals surface area contributed by atoms with Crippen molar-refractivity contribution >= 4 is 51.7 Å². The maximum atomic E-state index is 12.1. The minimum Gasteiger partial charge on any atom is -0.298 e. The average molecular weight is 403 g/mol. The summed E-state index contributed by atoms with van der Waals surface area (Å²) >= 11 is 13.5. The fourth-order valence-corrected chi connectivity index (χ4v) is 3.64. The number of aromatic nitrogens is 1. The van der Waals surface area contributed by atoms with Crippen LogP contribution in [0.4, 0.5) is 5.13 Å². The molecule has 0 aliphatic rings. The van der Waals surface area contributed by atoms with Crippen molar-refractivity contribution in [1.29, 1.82) is 0 Å². The zero-order valence-corrected chi connectivity index (χ0v) is 16.3. The fourth-order valence-electron chi connectivity index (χ4n) is 2.43. The highest BCUT2D eigenvalue weighted by Crippen LogP contribution is 2.23. The van der Waals surface area contributed by atoms with E-state index in [9.17, 15) is 4.79 Å². The molecule has 0 aliphatic carbocycles. The summed E-state index contributed by atoms with van der Waals surface area (Å²) in [5.74, 6) is -0.266. The van der Waals surface area contributed by atoms with Gasteiger partial charge in [0.1, 0.15) is 0 Å². The molecule has 132 valence electrons. The van der Waals surface area contributed by atoms with Crippen molar-refractivity contribution in [3.63, 3.8) is 0 Å². The Morgan fingerprint density at radius 3 is 2.88 bits per heavy atom. The van der Waals surface area contributed by atoms with Crippen LogP contribution in [0.15, 0.2) is 54.7 Å². The molecule has 0 unspecified atom stereocenters. The Morgan fingerprint density at radius 1 is 1.23 bits per heavy atom. The number of carbonyl (C=O) groups is 1. The van der Waals surface area contributed by atoms with Crippen molar-refractivity contribution in [2.75, 3.05) is 5.32 Å². The Bertz CT molecular complexity index is 966. The van der Waals surface area contributed by atoms with Crippen LogP contribution < -0.4 is 5.32 Å². The van der Waals surface area contributed by atoms with Gasteiger partial charge in [-0.3, -0.25) is 10.1 Å². The number of amides is 1. The van der Waals surface area contributed by atoms with Gasteiger partial charge in [-0.05, 0) is 42.3 Å². The van der Waals surface area contributed by atoms with Gasteiger partial charge in [0.2, 0.25) is 5.91 Å². The van der Waals surface area contributed by atoms with Gasteiger partial charge in [-0.25, -0.2) is 4.98 Å². The van der Waals surface area contributed by atoms with Gasteiger partial charge in [-0.1, -0.05) is 53.0 Å². The first-order chi connectivity index (χ1) is 12.5. The summed E-state index contributed by atoms with van der Waals surface area (Å²) < 4.78 is 0. The summed E-state index contributed by atoms with van der Waals surface area (Å²) in [6.07, 6.45) is 5.63. The summed E-state index contributed by atoms with van der Waals surface area (Å²) in [7, 11) is 0.